The van der Waals surface area contributed by atoms with Crippen molar-refractivity contribution in [2.24, 2.45) is 5.92 Å². The first-order valence-electron chi connectivity index (χ1n) is 6.40. The monoisotopic (exact) mass is 330 g/mol. The Morgan fingerprint density at radius 2 is 2.22 bits per heavy atom. The Bertz CT molecular complexity index is 450. The van der Waals surface area contributed by atoms with Crippen LogP contribution in [0.2, 0.25) is 0 Å². The lowest BCUT2D eigenvalue weighted by atomic mass is 9.92. The molecule has 0 aromatic heterocycles. The Morgan fingerprint density at radius 3 is 3.06 bits per heavy atom. The number of hydrogen-bond acceptors (Lipinski definition) is 2. The highest BCUT2D eigenvalue weighted by molar-refractivity contribution is 9.10. The lowest BCUT2D eigenvalue weighted by Gasteiger charge is -2.27. The van der Waals surface area contributed by atoms with E-state index in [9.17, 15) is 0 Å². The first-order chi connectivity index (χ1) is 8.74. The van der Waals surface area contributed by atoms with Gasteiger partial charge in [0.1, 0.15) is 5.75 Å². The van der Waals surface area contributed by atoms with E-state index >= 15 is 0 Å². The molecule has 0 radical (unpaired) electrons. The molecule has 0 N–H and O–H groups in total. The summed E-state index contributed by atoms with van der Waals surface area (Å²) in [6.45, 7) is 2.34. The molecule has 0 aliphatic carbocycles. The molecule has 98 valence electrons. The SMILES string of the molecule is ClC1CCOCC1Cc1cc(Br)cc2c1OCC2. The molecule has 2 nitrogen and oxygen atoms in total. The Morgan fingerprint density at radius 1 is 1.33 bits per heavy atom. The number of benzene rings is 1. The van der Waals surface area contributed by atoms with Gasteiger partial charge in [0.25, 0.3) is 0 Å². The third-order valence-corrected chi connectivity index (χ3v) is 4.72. The smallest absolute Gasteiger partial charge is 0.125 e. The van der Waals surface area contributed by atoms with Crippen LogP contribution in [0.3, 0.4) is 0 Å². The zero-order chi connectivity index (χ0) is 12.5. The number of hydrogen-bond donors (Lipinski definition) is 0. The number of halogens is 2. The minimum atomic E-state index is 0.217. The molecule has 1 fully saturated rings. The van der Waals surface area contributed by atoms with Gasteiger partial charge in [0.2, 0.25) is 0 Å². The van der Waals surface area contributed by atoms with Crippen LogP contribution in [-0.2, 0) is 17.6 Å². The van der Waals surface area contributed by atoms with Crippen LogP contribution < -0.4 is 4.74 Å². The minimum absolute atomic E-state index is 0.217. The lowest BCUT2D eigenvalue weighted by molar-refractivity contribution is 0.0576. The van der Waals surface area contributed by atoms with Crippen molar-refractivity contribution in [3.05, 3.63) is 27.7 Å². The van der Waals surface area contributed by atoms with Crippen LogP contribution in [0.5, 0.6) is 5.75 Å². The Kier molecular flexibility index (Phi) is 3.83. The van der Waals surface area contributed by atoms with Crippen LogP contribution in [0.1, 0.15) is 17.5 Å². The fourth-order valence-electron chi connectivity index (χ4n) is 2.74. The van der Waals surface area contributed by atoms with E-state index in [2.05, 4.69) is 28.1 Å². The van der Waals surface area contributed by atoms with Crippen molar-refractivity contribution in [1.82, 2.24) is 0 Å². The average molecular weight is 332 g/mol. The van der Waals surface area contributed by atoms with Crippen LogP contribution in [0.4, 0.5) is 0 Å². The van der Waals surface area contributed by atoms with Gasteiger partial charge in [-0.15, -0.1) is 11.6 Å². The molecule has 3 rings (SSSR count). The van der Waals surface area contributed by atoms with E-state index in [1.165, 1.54) is 11.1 Å². The van der Waals surface area contributed by atoms with Crippen LogP contribution in [-0.4, -0.2) is 25.2 Å². The summed E-state index contributed by atoms with van der Waals surface area (Å²) in [6, 6.07) is 4.31. The summed E-state index contributed by atoms with van der Waals surface area (Å²) in [4.78, 5) is 0. The van der Waals surface area contributed by atoms with E-state index in [1.807, 2.05) is 0 Å². The molecular weight excluding hydrogens is 316 g/mol. The van der Waals surface area contributed by atoms with Crippen molar-refractivity contribution >= 4 is 27.5 Å². The number of fused-ring (bicyclic) bond motifs is 1. The van der Waals surface area contributed by atoms with Gasteiger partial charge in [-0.2, -0.15) is 0 Å². The molecule has 0 amide bonds. The maximum atomic E-state index is 6.39. The molecule has 2 unspecified atom stereocenters. The average Bonchev–Trinajstić information content (AvgIpc) is 2.80. The first kappa shape index (κ1) is 12.8. The standard InChI is InChI=1S/C14H16BrClO2/c15-12-6-9-1-4-18-14(9)10(7-12)5-11-8-17-3-2-13(11)16/h6-7,11,13H,1-5,8H2. The second-order valence-corrected chi connectivity index (χ2v) is 6.47. The van der Waals surface area contributed by atoms with Gasteiger partial charge in [0, 0.05) is 28.8 Å². The van der Waals surface area contributed by atoms with Gasteiger partial charge < -0.3 is 9.47 Å². The van der Waals surface area contributed by atoms with Crippen molar-refractivity contribution in [2.45, 2.75) is 24.6 Å². The zero-order valence-corrected chi connectivity index (χ0v) is 12.5. The molecular formula is C14H16BrClO2. The van der Waals surface area contributed by atoms with Gasteiger partial charge in [-0.25, -0.2) is 0 Å². The van der Waals surface area contributed by atoms with Gasteiger partial charge in [0.15, 0.2) is 0 Å². The normalized spacial score (nSPS) is 26.8. The van der Waals surface area contributed by atoms with Crippen molar-refractivity contribution in [2.75, 3.05) is 19.8 Å². The van der Waals surface area contributed by atoms with Crippen molar-refractivity contribution < 1.29 is 9.47 Å². The highest BCUT2D eigenvalue weighted by Crippen LogP contribution is 2.36. The summed E-state index contributed by atoms with van der Waals surface area (Å²) in [6.07, 6.45) is 2.90. The molecule has 4 heteroatoms. The first-order valence-corrected chi connectivity index (χ1v) is 7.63. The number of alkyl halides is 1. The predicted molar refractivity (Wildman–Crippen MR) is 75.6 cm³/mol. The molecule has 2 aliphatic rings. The summed E-state index contributed by atoms with van der Waals surface area (Å²) < 4.78 is 12.4. The van der Waals surface area contributed by atoms with E-state index in [-0.39, 0.29) is 5.38 Å². The van der Waals surface area contributed by atoms with E-state index in [1.54, 1.807) is 0 Å². The van der Waals surface area contributed by atoms with Gasteiger partial charge in [0.05, 0.1) is 13.2 Å². The summed E-state index contributed by atoms with van der Waals surface area (Å²) in [5, 5.41) is 0.217. The molecule has 0 bridgehead atoms. The fourth-order valence-corrected chi connectivity index (χ4v) is 3.54. The Balaban J connectivity index is 1.84. The molecule has 1 aromatic carbocycles. The van der Waals surface area contributed by atoms with Crippen LogP contribution in [0.15, 0.2) is 16.6 Å². The Hall–Kier alpha value is -0.250. The quantitative estimate of drug-likeness (QED) is 0.771. The summed E-state index contributed by atoms with van der Waals surface area (Å²) in [7, 11) is 0. The maximum Gasteiger partial charge on any atom is 0.125 e. The molecule has 2 heterocycles. The molecule has 1 saturated heterocycles. The highest BCUT2D eigenvalue weighted by atomic mass is 79.9. The lowest BCUT2D eigenvalue weighted by Crippen LogP contribution is -2.29. The van der Waals surface area contributed by atoms with E-state index in [4.69, 9.17) is 21.1 Å². The molecule has 2 atom stereocenters. The van der Waals surface area contributed by atoms with E-state index < -0.39 is 0 Å². The second kappa shape index (κ2) is 5.40. The third kappa shape index (κ3) is 2.54. The Labute approximate surface area is 121 Å². The van der Waals surface area contributed by atoms with E-state index in [0.717, 1.165) is 49.3 Å². The molecule has 0 saturated carbocycles. The van der Waals surface area contributed by atoms with Crippen LogP contribution in [0.25, 0.3) is 0 Å². The third-order valence-electron chi connectivity index (χ3n) is 3.69. The summed E-state index contributed by atoms with van der Waals surface area (Å²) in [5.74, 6) is 1.47. The van der Waals surface area contributed by atoms with Crippen LogP contribution in [0, 0.1) is 5.92 Å². The summed E-state index contributed by atoms with van der Waals surface area (Å²) in [5.41, 5.74) is 2.57. The zero-order valence-electron chi connectivity index (χ0n) is 10.1. The topological polar surface area (TPSA) is 18.5 Å². The van der Waals surface area contributed by atoms with Gasteiger partial charge in [-0.05, 0) is 36.1 Å². The summed E-state index contributed by atoms with van der Waals surface area (Å²) >= 11 is 9.97. The molecule has 1 aromatic rings. The predicted octanol–water partition coefficient (Wildman–Crippen LogP) is 3.57. The molecule has 0 spiro atoms. The van der Waals surface area contributed by atoms with Crippen LogP contribution >= 0.6 is 27.5 Å². The van der Waals surface area contributed by atoms with Gasteiger partial charge >= 0.3 is 0 Å². The highest BCUT2D eigenvalue weighted by Gasteiger charge is 2.27. The number of ether oxygens (including phenoxy) is 2. The maximum absolute atomic E-state index is 6.39. The van der Waals surface area contributed by atoms with Crippen molar-refractivity contribution in [1.29, 1.82) is 0 Å². The molecule has 18 heavy (non-hydrogen) atoms. The fraction of sp³-hybridized carbons (Fsp3) is 0.571. The van der Waals surface area contributed by atoms with E-state index in [0.29, 0.717) is 5.92 Å². The van der Waals surface area contributed by atoms with Gasteiger partial charge in [-0.3, -0.25) is 0 Å². The number of rotatable bonds is 2. The van der Waals surface area contributed by atoms with Crippen molar-refractivity contribution in [3.8, 4) is 5.75 Å². The molecule has 2 aliphatic heterocycles. The largest absolute Gasteiger partial charge is 0.493 e. The minimum Gasteiger partial charge on any atom is -0.493 e. The second-order valence-electron chi connectivity index (χ2n) is 5.00. The van der Waals surface area contributed by atoms with Gasteiger partial charge in [-0.1, -0.05) is 15.9 Å². The van der Waals surface area contributed by atoms with Crippen molar-refractivity contribution in [3.63, 3.8) is 0 Å².